The molecule has 4 aromatic rings. The van der Waals surface area contributed by atoms with Crippen LogP contribution in [-0.4, -0.2) is 20.4 Å². The van der Waals surface area contributed by atoms with Gasteiger partial charge in [-0.1, -0.05) is 33.6 Å². The highest BCUT2D eigenvalue weighted by atomic mass is 79.9. The Kier molecular flexibility index (Phi) is 4.49. The van der Waals surface area contributed by atoms with Crippen molar-refractivity contribution in [2.45, 2.75) is 13.8 Å². The molecule has 0 atom stereocenters. The minimum Gasteiger partial charge on any atom is -0.316 e. The minimum absolute atomic E-state index is 0.191. The van der Waals surface area contributed by atoms with E-state index in [0.29, 0.717) is 16.7 Å². The van der Waals surface area contributed by atoms with E-state index in [4.69, 9.17) is 0 Å². The summed E-state index contributed by atoms with van der Waals surface area (Å²) in [5.74, 6) is 0.541. The van der Waals surface area contributed by atoms with Crippen molar-refractivity contribution in [3.05, 3.63) is 92.7 Å². The summed E-state index contributed by atoms with van der Waals surface area (Å²) in [7, 11) is 0. The normalized spacial score (nSPS) is 11.5. The lowest BCUT2D eigenvalue weighted by atomic mass is 10.2. The van der Waals surface area contributed by atoms with Gasteiger partial charge in [-0.2, -0.15) is 9.78 Å². The summed E-state index contributed by atoms with van der Waals surface area (Å²) in [4.78, 5) is 17.3. The molecule has 0 aliphatic rings. The van der Waals surface area contributed by atoms with Gasteiger partial charge in [0.1, 0.15) is 5.82 Å². The fraction of sp³-hybridized carbons (Fsp3) is 0.0952. The van der Waals surface area contributed by atoms with Crippen LogP contribution in [0.15, 0.2) is 75.2 Å². The number of aromatic nitrogens is 3. The Hall–Kier alpha value is -2.99. The number of fused-ring (bicyclic) bond motifs is 1. The third kappa shape index (κ3) is 3.36. The Bertz CT molecular complexity index is 1220. The maximum Gasteiger partial charge on any atom is 0.282 e. The fourth-order valence-corrected chi connectivity index (χ4v) is 3.31. The molecular formula is C21H17BrN4O. The van der Waals surface area contributed by atoms with Gasteiger partial charge in [-0.05, 0) is 56.3 Å². The van der Waals surface area contributed by atoms with E-state index >= 15 is 0 Å². The van der Waals surface area contributed by atoms with Gasteiger partial charge in [-0.3, -0.25) is 4.79 Å². The van der Waals surface area contributed by atoms with Crippen LogP contribution in [0.3, 0.4) is 0 Å². The Balaban J connectivity index is 1.77. The molecule has 0 unspecified atom stereocenters. The number of hydrogen-bond donors (Lipinski definition) is 0. The first kappa shape index (κ1) is 17.4. The van der Waals surface area contributed by atoms with Crippen molar-refractivity contribution in [1.29, 1.82) is 0 Å². The van der Waals surface area contributed by atoms with E-state index < -0.39 is 0 Å². The molecule has 0 radical (unpaired) electrons. The highest BCUT2D eigenvalue weighted by Crippen LogP contribution is 2.16. The molecule has 2 heterocycles. The zero-order valence-electron chi connectivity index (χ0n) is 14.9. The Morgan fingerprint density at radius 3 is 2.63 bits per heavy atom. The van der Waals surface area contributed by atoms with E-state index in [1.807, 2.05) is 35.0 Å². The van der Waals surface area contributed by atoms with Gasteiger partial charge >= 0.3 is 0 Å². The molecule has 0 saturated carbocycles. The summed E-state index contributed by atoms with van der Waals surface area (Å²) in [6, 6.07) is 17.6. The van der Waals surface area contributed by atoms with Crippen LogP contribution in [-0.2, 0) is 0 Å². The Morgan fingerprint density at radius 2 is 1.85 bits per heavy atom. The summed E-state index contributed by atoms with van der Waals surface area (Å²) in [6.45, 7) is 3.83. The van der Waals surface area contributed by atoms with E-state index in [2.05, 4.69) is 57.2 Å². The van der Waals surface area contributed by atoms with Crippen LogP contribution in [0.2, 0.25) is 0 Å². The predicted octanol–water partition coefficient (Wildman–Crippen LogP) is 4.45. The quantitative estimate of drug-likeness (QED) is 0.459. The van der Waals surface area contributed by atoms with Gasteiger partial charge in [0, 0.05) is 16.4 Å². The topological polar surface area (TPSA) is 52.2 Å². The van der Waals surface area contributed by atoms with Crippen LogP contribution in [0, 0.1) is 13.8 Å². The average Bonchev–Trinajstić information content (AvgIpc) is 3.11. The lowest BCUT2D eigenvalue weighted by Gasteiger charge is -2.08. The molecule has 0 N–H and O–H groups in total. The van der Waals surface area contributed by atoms with Gasteiger partial charge in [0.2, 0.25) is 0 Å². The van der Waals surface area contributed by atoms with Crippen LogP contribution in [0.5, 0.6) is 0 Å². The van der Waals surface area contributed by atoms with Gasteiger partial charge in [-0.25, -0.2) is 4.98 Å². The van der Waals surface area contributed by atoms with Crippen molar-refractivity contribution in [1.82, 2.24) is 14.2 Å². The molecule has 6 heteroatoms. The number of halogens is 1. The summed E-state index contributed by atoms with van der Waals surface area (Å²) in [5.41, 5.74) is 3.59. The van der Waals surface area contributed by atoms with Gasteiger partial charge in [0.05, 0.1) is 22.8 Å². The van der Waals surface area contributed by atoms with Crippen molar-refractivity contribution in [3.63, 3.8) is 0 Å². The molecular weight excluding hydrogens is 404 g/mol. The summed E-state index contributed by atoms with van der Waals surface area (Å²) < 4.78 is 4.19. The van der Waals surface area contributed by atoms with Crippen LogP contribution >= 0.6 is 15.9 Å². The van der Waals surface area contributed by atoms with Gasteiger partial charge in [0.25, 0.3) is 5.56 Å². The number of aryl methyl sites for hydroxylation is 2. The standard InChI is InChI=1S/C21H17BrN4O/c1-14-5-8-17(9-6-14)25-11-3-4-18(25)13-23-26-15(2)24-20-10-7-16(22)12-19(20)21(26)27/h3-13H,1-2H3. The van der Waals surface area contributed by atoms with Crippen molar-refractivity contribution in [2.24, 2.45) is 5.10 Å². The molecule has 0 fully saturated rings. The summed E-state index contributed by atoms with van der Waals surface area (Å²) in [6.07, 6.45) is 3.65. The molecule has 5 nitrogen and oxygen atoms in total. The highest BCUT2D eigenvalue weighted by Gasteiger charge is 2.08. The Labute approximate surface area is 164 Å². The minimum atomic E-state index is -0.191. The number of nitrogens with zero attached hydrogens (tertiary/aromatic N) is 4. The van der Waals surface area contributed by atoms with Crippen molar-refractivity contribution >= 4 is 33.0 Å². The van der Waals surface area contributed by atoms with Crippen molar-refractivity contribution in [3.8, 4) is 5.69 Å². The highest BCUT2D eigenvalue weighted by molar-refractivity contribution is 9.10. The van der Waals surface area contributed by atoms with Gasteiger partial charge in [-0.15, -0.1) is 0 Å². The molecule has 134 valence electrons. The Morgan fingerprint density at radius 1 is 1.07 bits per heavy atom. The molecule has 2 aromatic heterocycles. The van der Waals surface area contributed by atoms with E-state index in [0.717, 1.165) is 15.9 Å². The molecule has 0 aliphatic heterocycles. The SMILES string of the molecule is Cc1ccc(-n2cccc2C=Nn2c(C)nc3ccc(Br)cc3c2=O)cc1. The first-order chi connectivity index (χ1) is 13.0. The maximum absolute atomic E-state index is 12.8. The number of hydrogen-bond acceptors (Lipinski definition) is 3. The second-order valence-electron chi connectivity index (χ2n) is 6.32. The van der Waals surface area contributed by atoms with Crippen LogP contribution in [0.1, 0.15) is 17.1 Å². The fourth-order valence-electron chi connectivity index (χ4n) is 2.95. The van der Waals surface area contributed by atoms with Crippen LogP contribution in [0.25, 0.3) is 16.6 Å². The predicted molar refractivity (Wildman–Crippen MR) is 112 cm³/mol. The molecule has 0 saturated heterocycles. The lowest BCUT2D eigenvalue weighted by molar-refractivity contribution is 0.769. The molecule has 4 rings (SSSR count). The first-order valence-electron chi connectivity index (χ1n) is 8.50. The molecule has 0 bridgehead atoms. The third-order valence-electron chi connectivity index (χ3n) is 4.37. The smallest absolute Gasteiger partial charge is 0.282 e. The van der Waals surface area contributed by atoms with Crippen LogP contribution in [0.4, 0.5) is 0 Å². The second kappa shape index (κ2) is 6.96. The molecule has 0 spiro atoms. The maximum atomic E-state index is 12.8. The van der Waals surface area contributed by atoms with Crippen molar-refractivity contribution in [2.75, 3.05) is 0 Å². The molecule has 0 amide bonds. The largest absolute Gasteiger partial charge is 0.316 e. The zero-order valence-corrected chi connectivity index (χ0v) is 16.5. The molecule has 27 heavy (non-hydrogen) atoms. The molecule has 0 aliphatic carbocycles. The monoisotopic (exact) mass is 420 g/mol. The number of rotatable bonds is 3. The van der Waals surface area contributed by atoms with E-state index in [9.17, 15) is 4.79 Å². The lowest BCUT2D eigenvalue weighted by Crippen LogP contribution is -2.20. The summed E-state index contributed by atoms with van der Waals surface area (Å²) >= 11 is 3.40. The van der Waals surface area contributed by atoms with E-state index in [1.54, 1.807) is 19.2 Å². The summed E-state index contributed by atoms with van der Waals surface area (Å²) in [5, 5.41) is 4.94. The van der Waals surface area contributed by atoms with Gasteiger partial charge < -0.3 is 4.57 Å². The average molecular weight is 421 g/mol. The van der Waals surface area contributed by atoms with E-state index in [-0.39, 0.29) is 5.56 Å². The van der Waals surface area contributed by atoms with E-state index in [1.165, 1.54) is 10.2 Å². The van der Waals surface area contributed by atoms with Crippen molar-refractivity contribution < 1.29 is 0 Å². The zero-order chi connectivity index (χ0) is 19.0. The number of benzene rings is 2. The second-order valence-corrected chi connectivity index (χ2v) is 7.24. The van der Waals surface area contributed by atoms with Gasteiger partial charge in [0.15, 0.2) is 0 Å². The first-order valence-corrected chi connectivity index (χ1v) is 9.30. The molecule has 2 aromatic carbocycles. The third-order valence-corrected chi connectivity index (χ3v) is 4.86. The van der Waals surface area contributed by atoms with Crippen LogP contribution < -0.4 is 5.56 Å².